The molecule has 0 radical (unpaired) electrons. The number of ether oxygens (including phenoxy) is 3. The molecule has 1 aliphatic heterocycles. The van der Waals surface area contributed by atoms with Crippen LogP contribution in [0.15, 0.2) is 0 Å². The number of carbonyl (C=O) groups excluding carboxylic acids is 1. The Balaban J connectivity index is 0. The van der Waals surface area contributed by atoms with Crippen molar-refractivity contribution in [1.29, 1.82) is 0 Å². The van der Waals surface area contributed by atoms with Gasteiger partial charge >= 0.3 is 0 Å². The van der Waals surface area contributed by atoms with Gasteiger partial charge in [-0.3, -0.25) is 4.79 Å². The van der Waals surface area contributed by atoms with E-state index in [9.17, 15) is 15.0 Å². The van der Waals surface area contributed by atoms with Crippen molar-refractivity contribution in [3.63, 3.8) is 0 Å². The second-order valence-corrected chi connectivity index (χ2v) is 7.08. The minimum atomic E-state index is -1.27. The van der Waals surface area contributed by atoms with Crippen molar-refractivity contribution in [2.45, 2.75) is 104 Å². The summed E-state index contributed by atoms with van der Waals surface area (Å²) in [6.45, 7) is 16.9. The molecule has 0 aromatic heterocycles. The van der Waals surface area contributed by atoms with Crippen LogP contribution in [-0.2, 0) is 19.0 Å². The lowest BCUT2D eigenvalue weighted by Crippen LogP contribution is -2.67. The van der Waals surface area contributed by atoms with Crippen LogP contribution in [0.4, 0.5) is 0 Å². The zero-order valence-corrected chi connectivity index (χ0v) is 18.4. The van der Waals surface area contributed by atoms with Gasteiger partial charge in [0.05, 0.1) is 11.2 Å². The van der Waals surface area contributed by atoms with Gasteiger partial charge in [-0.05, 0) is 34.6 Å². The molecule has 1 rings (SSSR count). The summed E-state index contributed by atoms with van der Waals surface area (Å²) in [5.74, 6) is -0.419. The van der Waals surface area contributed by atoms with Crippen molar-refractivity contribution in [1.82, 2.24) is 5.32 Å². The number of amides is 1. The van der Waals surface area contributed by atoms with Gasteiger partial charge in [-0.1, -0.05) is 27.7 Å². The van der Waals surface area contributed by atoms with Crippen LogP contribution in [0.1, 0.15) is 62.3 Å². The fraction of sp³-hybridized carbons (Fsp3) is 0.947. The Morgan fingerprint density at radius 1 is 1.00 bits per heavy atom. The average Bonchev–Trinajstić information content (AvgIpc) is 2.60. The first-order valence-electron chi connectivity index (χ1n) is 9.40. The van der Waals surface area contributed by atoms with Gasteiger partial charge in [-0.2, -0.15) is 0 Å². The van der Waals surface area contributed by atoms with Gasteiger partial charge < -0.3 is 29.7 Å². The Bertz CT molecular complexity index is 394. The molecule has 1 heterocycles. The maximum absolute atomic E-state index is 12.1. The second-order valence-electron chi connectivity index (χ2n) is 7.08. The minimum absolute atomic E-state index is 0.419. The molecule has 0 aliphatic carbocycles. The molecular formula is C19H41NO6. The molecule has 0 spiro atoms. The van der Waals surface area contributed by atoms with E-state index in [0.29, 0.717) is 0 Å². The molecule has 0 aromatic rings. The highest BCUT2D eigenvalue weighted by molar-refractivity contribution is 5.81. The summed E-state index contributed by atoms with van der Waals surface area (Å²) in [5, 5.41) is 23.3. The van der Waals surface area contributed by atoms with E-state index in [0.717, 1.165) is 0 Å². The Morgan fingerprint density at radius 3 is 1.81 bits per heavy atom. The Morgan fingerprint density at radius 2 is 1.46 bits per heavy atom. The first kappa shape index (κ1) is 27.5. The molecule has 158 valence electrons. The summed E-state index contributed by atoms with van der Waals surface area (Å²) in [6, 6.07) is 0. The minimum Gasteiger partial charge on any atom is -0.387 e. The molecule has 0 aromatic carbocycles. The predicted octanol–water partition coefficient (Wildman–Crippen LogP) is 1.88. The molecule has 1 saturated heterocycles. The Labute approximate surface area is 159 Å². The predicted molar refractivity (Wildman–Crippen MR) is 103 cm³/mol. The third kappa shape index (κ3) is 7.48. The van der Waals surface area contributed by atoms with Gasteiger partial charge in [0.1, 0.15) is 24.4 Å². The molecule has 1 fully saturated rings. The number of carbonyl (C=O) groups is 1. The average molecular weight is 380 g/mol. The van der Waals surface area contributed by atoms with Crippen molar-refractivity contribution >= 4 is 5.91 Å². The topological polar surface area (TPSA) is 97.3 Å². The third-order valence-electron chi connectivity index (χ3n) is 3.79. The monoisotopic (exact) mass is 379 g/mol. The van der Waals surface area contributed by atoms with Gasteiger partial charge in [0.2, 0.25) is 0 Å². The van der Waals surface area contributed by atoms with Gasteiger partial charge in [0.15, 0.2) is 6.10 Å². The largest absolute Gasteiger partial charge is 0.387 e. The summed E-state index contributed by atoms with van der Waals surface area (Å²) in [4.78, 5) is 12.1. The number of likely N-dealkylation sites (N-methyl/N-ethyl adjacent to an activating group) is 1. The SMILES string of the molecule is CC.CC.CNC(=O)C1OC(C(C)(C)OC)C(O)C(O)[C@@H]1OC(C)(C)C. The van der Waals surface area contributed by atoms with E-state index >= 15 is 0 Å². The van der Waals surface area contributed by atoms with Crippen LogP contribution >= 0.6 is 0 Å². The standard InChI is InChI=1S/C15H29NO6.2C2H6/c1-14(2,3)22-10-8(17)9(18)12(15(4,5)20-7)21-11(10)13(19)16-6;2*1-2/h8-12,17-18H,1-7H3,(H,16,19);2*1-2H3/t8?,9?,10-,11?,12?;;/m0../s1. The highest BCUT2D eigenvalue weighted by atomic mass is 16.6. The summed E-state index contributed by atoms with van der Waals surface area (Å²) in [7, 11) is 2.96. The number of rotatable bonds is 4. The Hall–Kier alpha value is -0.730. The second kappa shape index (κ2) is 11.9. The molecule has 5 atom stereocenters. The van der Waals surface area contributed by atoms with E-state index in [1.807, 2.05) is 27.7 Å². The van der Waals surface area contributed by atoms with E-state index in [2.05, 4.69) is 5.32 Å². The first-order valence-corrected chi connectivity index (χ1v) is 9.40. The number of methoxy groups -OCH3 is 1. The number of hydrogen-bond acceptors (Lipinski definition) is 6. The summed E-state index contributed by atoms with van der Waals surface area (Å²) in [6.07, 6.45) is -5.38. The molecule has 0 saturated carbocycles. The van der Waals surface area contributed by atoms with Crippen molar-refractivity contribution in [2.75, 3.05) is 14.2 Å². The van der Waals surface area contributed by atoms with Crippen LogP contribution in [0, 0.1) is 0 Å². The lowest BCUT2D eigenvalue weighted by molar-refractivity contribution is -0.278. The van der Waals surface area contributed by atoms with Gasteiger partial charge in [-0.25, -0.2) is 0 Å². The van der Waals surface area contributed by atoms with Crippen molar-refractivity contribution in [3.8, 4) is 0 Å². The molecule has 0 bridgehead atoms. The van der Waals surface area contributed by atoms with Crippen molar-refractivity contribution < 1.29 is 29.2 Å². The molecule has 7 nitrogen and oxygen atoms in total. The van der Waals surface area contributed by atoms with E-state index < -0.39 is 47.6 Å². The fourth-order valence-corrected chi connectivity index (χ4v) is 2.45. The van der Waals surface area contributed by atoms with E-state index in [1.54, 1.807) is 34.6 Å². The molecule has 4 unspecified atom stereocenters. The Kier molecular flexibility index (Phi) is 12.6. The van der Waals surface area contributed by atoms with E-state index in [4.69, 9.17) is 14.2 Å². The highest BCUT2D eigenvalue weighted by Gasteiger charge is 2.53. The first-order chi connectivity index (χ1) is 11.9. The van der Waals surface area contributed by atoms with Crippen LogP contribution < -0.4 is 5.32 Å². The molecule has 26 heavy (non-hydrogen) atoms. The number of aliphatic hydroxyl groups excluding tert-OH is 2. The highest BCUT2D eigenvalue weighted by Crippen LogP contribution is 2.33. The van der Waals surface area contributed by atoms with Crippen LogP contribution in [0.5, 0.6) is 0 Å². The van der Waals surface area contributed by atoms with Crippen LogP contribution in [0.3, 0.4) is 0 Å². The quantitative estimate of drug-likeness (QED) is 0.690. The molecule has 3 N–H and O–H groups in total. The van der Waals surface area contributed by atoms with E-state index in [1.165, 1.54) is 14.2 Å². The number of aliphatic hydroxyl groups is 2. The summed E-state index contributed by atoms with van der Waals surface area (Å²) in [5.41, 5.74) is -1.48. The van der Waals surface area contributed by atoms with Crippen LogP contribution in [-0.4, -0.2) is 72.0 Å². The van der Waals surface area contributed by atoms with Gasteiger partial charge in [0, 0.05) is 14.2 Å². The maximum atomic E-state index is 12.1. The van der Waals surface area contributed by atoms with Gasteiger partial charge in [-0.15, -0.1) is 0 Å². The fourth-order valence-electron chi connectivity index (χ4n) is 2.45. The van der Waals surface area contributed by atoms with Crippen LogP contribution in [0.25, 0.3) is 0 Å². The molecular weight excluding hydrogens is 338 g/mol. The van der Waals surface area contributed by atoms with E-state index in [-0.39, 0.29) is 0 Å². The molecule has 1 aliphatic rings. The normalized spacial score (nSPS) is 28.9. The lowest BCUT2D eigenvalue weighted by atomic mass is 9.86. The summed E-state index contributed by atoms with van der Waals surface area (Å²) >= 11 is 0. The smallest absolute Gasteiger partial charge is 0.251 e. The van der Waals surface area contributed by atoms with Crippen molar-refractivity contribution in [2.24, 2.45) is 0 Å². The number of hydrogen-bond donors (Lipinski definition) is 3. The van der Waals surface area contributed by atoms with Crippen LogP contribution in [0.2, 0.25) is 0 Å². The maximum Gasteiger partial charge on any atom is 0.251 e. The van der Waals surface area contributed by atoms with Gasteiger partial charge in [0.25, 0.3) is 5.91 Å². The molecule has 1 amide bonds. The van der Waals surface area contributed by atoms with Crippen molar-refractivity contribution in [3.05, 3.63) is 0 Å². The lowest BCUT2D eigenvalue weighted by Gasteiger charge is -2.48. The number of nitrogens with one attached hydrogen (secondary N) is 1. The zero-order valence-electron chi connectivity index (χ0n) is 18.4. The third-order valence-corrected chi connectivity index (χ3v) is 3.79. The summed E-state index contributed by atoms with van der Waals surface area (Å²) < 4.78 is 16.8. The zero-order chi connectivity index (χ0) is 21.3. The molecule has 7 heteroatoms.